The summed E-state index contributed by atoms with van der Waals surface area (Å²) in [5.41, 5.74) is 2.79. The third-order valence-corrected chi connectivity index (χ3v) is 5.20. The van der Waals surface area contributed by atoms with Crippen molar-refractivity contribution in [2.45, 2.75) is 20.4 Å². The SMILES string of the molecule is Cc1ccc(C(=O)Oc2ccc3cc(C(=O)NCc4ccccc4)c(=O)oc3c2)cc1C. The number of fused-ring (bicyclic) bond motifs is 1. The maximum atomic E-state index is 12.5. The van der Waals surface area contributed by atoms with E-state index >= 15 is 0 Å². The highest BCUT2D eigenvalue weighted by atomic mass is 16.5. The number of benzene rings is 3. The first-order valence-corrected chi connectivity index (χ1v) is 10.1. The topological polar surface area (TPSA) is 85.6 Å². The fourth-order valence-electron chi connectivity index (χ4n) is 3.22. The van der Waals surface area contributed by atoms with Gasteiger partial charge >= 0.3 is 11.6 Å². The quantitative estimate of drug-likeness (QED) is 0.287. The maximum absolute atomic E-state index is 12.5. The van der Waals surface area contributed by atoms with Gasteiger partial charge in [-0.15, -0.1) is 0 Å². The van der Waals surface area contributed by atoms with Crippen molar-refractivity contribution in [1.29, 1.82) is 0 Å². The van der Waals surface area contributed by atoms with Gasteiger partial charge in [-0.2, -0.15) is 0 Å². The zero-order valence-corrected chi connectivity index (χ0v) is 17.7. The van der Waals surface area contributed by atoms with E-state index in [1.807, 2.05) is 50.2 Å². The standard InChI is InChI=1S/C26H21NO5/c1-16-8-9-20(12-17(16)2)25(29)31-21-11-10-19-13-22(26(30)32-23(19)14-21)24(28)27-15-18-6-4-3-5-7-18/h3-14H,15H2,1-2H3,(H,27,28). The normalized spacial score (nSPS) is 10.7. The molecule has 0 atom stereocenters. The number of aryl methyl sites for hydroxylation is 2. The van der Waals surface area contributed by atoms with E-state index < -0.39 is 17.5 Å². The molecule has 3 aromatic carbocycles. The lowest BCUT2D eigenvalue weighted by Gasteiger charge is -2.08. The molecule has 0 unspecified atom stereocenters. The third kappa shape index (κ3) is 4.59. The molecule has 1 aromatic heterocycles. The number of ether oxygens (including phenoxy) is 1. The predicted octanol–water partition coefficient (Wildman–Crippen LogP) is 4.56. The van der Waals surface area contributed by atoms with E-state index in [-0.39, 0.29) is 16.9 Å². The van der Waals surface area contributed by atoms with Crippen LogP contribution in [0.1, 0.15) is 37.4 Å². The molecular formula is C26H21NO5. The number of rotatable bonds is 5. The second-order valence-electron chi connectivity index (χ2n) is 7.50. The van der Waals surface area contributed by atoms with E-state index in [4.69, 9.17) is 9.15 Å². The van der Waals surface area contributed by atoms with Crippen LogP contribution in [0, 0.1) is 13.8 Å². The Balaban J connectivity index is 1.52. The van der Waals surface area contributed by atoms with Gasteiger partial charge in [0.05, 0.1) is 5.56 Å². The first-order chi connectivity index (χ1) is 15.4. The van der Waals surface area contributed by atoms with Crippen molar-refractivity contribution in [2.75, 3.05) is 0 Å². The number of hydrogen-bond donors (Lipinski definition) is 1. The molecule has 1 N–H and O–H groups in total. The van der Waals surface area contributed by atoms with Crippen LogP contribution in [-0.4, -0.2) is 11.9 Å². The second-order valence-corrected chi connectivity index (χ2v) is 7.50. The molecule has 160 valence electrons. The number of amides is 1. The van der Waals surface area contributed by atoms with E-state index in [0.717, 1.165) is 16.7 Å². The van der Waals surface area contributed by atoms with Crippen molar-refractivity contribution in [3.05, 3.63) is 111 Å². The molecule has 1 amide bonds. The van der Waals surface area contributed by atoms with Gasteiger partial charge in [0, 0.05) is 18.0 Å². The van der Waals surface area contributed by atoms with Crippen LogP contribution < -0.4 is 15.7 Å². The second kappa shape index (κ2) is 8.89. The molecule has 1 heterocycles. The van der Waals surface area contributed by atoms with E-state index in [0.29, 0.717) is 17.5 Å². The molecule has 0 saturated carbocycles. The van der Waals surface area contributed by atoms with Crippen molar-refractivity contribution in [3.63, 3.8) is 0 Å². The number of nitrogens with one attached hydrogen (secondary N) is 1. The summed E-state index contributed by atoms with van der Waals surface area (Å²) in [5.74, 6) is -0.786. The van der Waals surface area contributed by atoms with Crippen LogP contribution >= 0.6 is 0 Å². The van der Waals surface area contributed by atoms with Crippen LogP contribution in [-0.2, 0) is 6.54 Å². The summed E-state index contributed by atoms with van der Waals surface area (Å²) in [4.78, 5) is 37.3. The third-order valence-electron chi connectivity index (χ3n) is 5.20. The number of carbonyl (C=O) groups is 2. The van der Waals surface area contributed by atoms with Crippen molar-refractivity contribution >= 4 is 22.8 Å². The van der Waals surface area contributed by atoms with Crippen LogP contribution in [0.2, 0.25) is 0 Å². The van der Waals surface area contributed by atoms with Gasteiger partial charge in [0.2, 0.25) is 0 Å². The van der Waals surface area contributed by atoms with Crippen molar-refractivity contribution in [2.24, 2.45) is 0 Å². The van der Waals surface area contributed by atoms with E-state index in [9.17, 15) is 14.4 Å². The number of carbonyl (C=O) groups excluding carboxylic acids is 2. The fraction of sp³-hybridized carbons (Fsp3) is 0.115. The lowest BCUT2D eigenvalue weighted by atomic mass is 10.1. The molecule has 4 aromatic rings. The summed E-state index contributed by atoms with van der Waals surface area (Å²) in [6.45, 7) is 4.18. The van der Waals surface area contributed by atoms with Crippen LogP contribution in [0.3, 0.4) is 0 Å². The Morgan fingerprint density at radius 2 is 1.69 bits per heavy atom. The minimum atomic E-state index is -0.763. The van der Waals surface area contributed by atoms with Crippen LogP contribution in [0.5, 0.6) is 5.75 Å². The van der Waals surface area contributed by atoms with Gasteiger partial charge in [-0.3, -0.25) is 4.79 Å². The molecule has 0 aliphatic heterocycles. The fourth-order valence-corrected chi connectivity index (χ4v) is 3.22. The van der Waals surface area contributed by atoms with E-state index in [1.54, 1.807) is 24.3 Å². The summed E-state index contributed by atoms with van der Waals surface area (Å²) in [7, 11) is 0. The summed E-state index contributed by atoms with van der Waals surface area (Å²) < 4.78 is 10.7. The Morgan fingerprint density at radius 3 is 2.44 bits per heavy atom. The Kier molecular flexibility index (Phi) is 5.85. The Morgan fingerprint density at radius 1 is 0.906 bits per heavy atom. The van der Waals surface area contributed by atoms with Crippen molar-refractivity contribution in [3.8, 4) is 5.75 Å². The highest BCUT2D eigenvalue weighted by Crippen LogP contribution is 2.22. The van der Waals surface area contributed by atoms with Gasteiger partial charge in [0.15, 0.2) is 0 Å². The van der Waals surface area contributed by atoms with Gasteiger partial charge < -0.3 is 14.5 Å². The highest BCUT2D eigenvalue weighted by Gasteiger charge is 2.15. The first kappa shape index (κ1) is 21.1. The molecule has 0 saturated heterocycles. The minimum Gasteiger partial charge on any atom is -0.423 e. The van der Waals surface area contributed by atoms with Crippen LogP contribution in [0.15, 0.2) is 82.0 Å². The maximum Gasteiger partial charge on any atom is 0.349 e. The van der Waals surface area contributed by atoms with Gasteiger partial charge in [0.25, 0.3) is 5.91 Å². The Labute approximate surface area is 184 Å². The lowest BCUT2D eigenvalue weighted by Crippen LogP contribution is -2.27. The number of hydrogen-bond acceptors (Lipinski definition) is 5. The van der Waals surface area contributed by atoms with E-state index in [1.165, 1.54) is 12.1 Å². The molecule has 6 nitrogen and oxygen atoms in total. The van der Waals surface area contributed by atoms with E-state index in [2.05, 4.69) is 5.32 Å². The zero-order valence-electron chi connectivity index (χ0n) is 17.7. The van der Waals surface area contributed by atoms with Crippen molar-refractivity contribution < 1.29 is 18.7 Å². The largest absolute Gasteiger partial charge is 0.423 e. The predicted molar refractivity (Wildman–Crippen MR) is 121 cm³/mol. The van der Waals surface area contributed by atoms with Crippen LogP contribution in [0.25, 0.3) is 11.0 Å². The Hall–Kier alpha value is -4.19. The van der Waals surface area contributed by atoms with Gasteiger partial charge in [-0.25, -0.2) is 9.59 Å². The summed E-state index contributed by atoms with van der Waals surface area (Å²) >= 11 is 0. The molecule has 32 heavy (non-hydrogen) atoms. The van der Waals surface area contributed by atoms with Crippen molar-refractivity contribution in [1.82, 2.24) is 5.32 Å². The van der Waals surface area contributed by atoms with Gasteiger partial charge in [0.1, 0.15) is 16.9 Å². The summed E-state index contributed by atoms with van der Waals surface area (Å²) in [6.07, 6.45) is 0. The van der Waals surface area contributed by atoms with Gasteiger partial charge in [-0.1, -0.05) is 36.4 Å². The van der Waals surface area contributed by atoms with Gasteiger partial charge in [-0.05, 0) is 60.9 Å². The molecule has 0 aliphatic rings. The first-order valence-electron chi connectivity index (χ1n) is 10.1. The monoisotopic (exact) mass is 427 g/mol. The highest BCUT2D eigenvalue weighted by molar-refractivity contribution is 5.97. The average molecular weight is 427 g/mol. The molecule has 6 heteroatoms. The molecule has 0 spiro atoms. The molecule has 0 bridgehead atoms. The summed E-state index contributed by atoms with van der Waals surface area (Å²) in [5, 5.41) is 3.26. The lowest BCUT2D eigenvalue weighted by molar-refractivity contribution is 0.0734. The smallest absolute Gasteiger partial charge is 0.349 e. The molecule has 4 rings (SSSR count). The number of esters is 1. The Bertz CT molecular complexity index is 1370. The molecule has 0 aliphatic carbocycles. The molecule has 0 radical (unpaired) electrons. The molecule has 0 fully saturated rings. The zero-order chi connectivity index (χ0) is 22.7. The summed E-state index contributed by atoms with van der Waals surface area (Å²) in [6, 6.07) is 20.9. The van der Waals surface area contributed by atoms with Crippen LogP contribution in [0.4, 0.5) is 0 Å². The molecular weight excluding hydrogens is 406 g/mol. The minimum absolute atomic E-state index is 0.0895. The average Bonchev–Trinajstić information content (AvgIpc) is 2.79.